The Balaban J connectivity index is 2.19. The zero-order chi connectivity index (χ0) is 15.9. The van der Waals surface area contributed by atoms with Crippen LogP contribution in [0.5, 0.6) is 5.75 Å². The topological polar surface area (TPSA) is 116 Å². The van der Waals surface area contributed by atoms with Crippen LogP contribution < -0.4 is 15.6 Å². The van der Waals surface area contributed by atoms with Crippen LogP contribution in [0.15, 0.2) is 41.5 Å². The van der Waals surface area contributed by atoms with Crippen LogP contribution in [0, 0.1) is 0 Å². The van der Waals surface area contributed by atoms with Gasteiger partial charge in [-0.1, -0.05) is 29.4 Å². The van der Waals surface area contributed by atoms with Gasteiger partial charge in [-0.3, -0.25) is 20.4 Å². The number of fused-ring (bicyclic) bond motifs is 1. The fourth-order valence-corrected chi connectivity index (χ4v) is 1.89. The molecule has 0 saturated carbocycles. The molecule has 0 bridgehead atoms. The Kier molecular flexibility index (Phi) is 4.79. The largest absolute Gasteiger partial charge is 0.496 e. The highest BCUT2D eigenvalue weighted by Gasteiger charge is 2.14. The number of ether oxygens (including phenoxy) is 1. The van der Waals surface area contributed by atoms with E-state index in [2.05, 4.69) is 20.9 Å². The van der Waals surface area contributed by atoms with Crippen LogP contribution in [-0.4, -0.2) is 25.5 Å². The number of amides is 2. The summed E-state index contributed by atoms with van der Waals surface area (Å²) in [6.07, 6.45) is 0. The van der Waals surface area contributed by atoms with Crippen molar-refractivity contribution in [3.8, 4) is 5.75 Å². The highest BCUT2D eigenvalue weighted by Crippen LogP contribution is 2.25. The van der Waals surface area contributed by atoms with Gasteiger partial charge in [0.25, 0.3) is 5.91 Å². The summed E-state index contributed by atoms with van der Waals surface area (Å²) in [6.45, 7) is -0.397. The van der Waals surface area contributed by atoms with Gasteiger partial charge in [0.05, 0.1) is 12.7 Å². The van der Waals surface area contributed by atoms with Crippen LogP contribution in [0.4, 0.5) is 0 Å². The van der Waals surface area contributed by atoms with E-state index in [0.29, 0.717) is 5.75 Å². The van der Waals surface area contributed by atoms with E-state index in [4.69, 9.17) is 10.3 Å². The number of carbonyl (C=O) groups excluding carboxylic acids is 2. The number of nitrogens with zero attached hydrogens (tertiary/aromatic N) is 3. The van der Waals surface area contributed by atoms with Crippen molar-refractivity contribution in [1.82, 2.24) is 10.9 Å². The number of azide groups is 1. The third kappa shape index (κ3) is 3.44. The van der Waals surface area contributed by atoms with Crippen LogP contribution >= 0.6 is 0 Å². The number of benzene rings is 2. The Morgan fingerprint density at radius 1 is 1.23 bits per heavy atom. The first-order valence-corrected chi connectivity index (χ1v) is 6.32. The lowest BCUT2D eigenvalue weighted by Gasteiger charge is -2.11. The Morgan fingerprint density at radius 3 is 2.55 bits per heavy atom. The van der Waals surface area contributed by atoms with Crippen molar-refractivity contribution in [3.05, 3.63) is 52.4 Å². The molecule has 0 aliphatic heterocycles. The molecule has 8 nitrogen and oxygen atoms in total. The van der Waals surface area contributed by atoms with Crippen molar-refractivity contribution < 1.29 is 14.3 Å². The Bertz CT molecular complexity index is 768. The molecule has 0 aromatic heterocycles. The molecule has 0 radical (unpaired) electrons. The van der Waals surface area contributed by atoms with Crippen molar-refractivity contribution in [3.63, 3.8) is 0 Å². The minimum Gasteiger partial charge on any atom is -0.496 e. The molecule has 2 N–H and O–H groups in total. The number of rotatable bonds is 4. The second-order valence-electron chi connectivity index (χ2n) is 4.29. The van der Waals surface area contributed by atoms with Crippen LogP contribution in [0.2, 0.25) is 0 Å². The summed E-state index contributed by atoms with van der Waals surface area (Å²) in [5.41, 5.74) is 12.8. The molecule has 0 atom stereocenters. The molecule has 0 aliphatic carbocycles. The predicted molar refractivity (Wildman–Crippen MR) is 80.1 cm³/mol. The first kappa shape index (κ1) is 15.1. The van der Waals surface area contributed by atoms with E-state index in [1.807, 2.05) is 24.3 Å². The smallest absolute Gasteiger partial charge is 0.273 e. The van der Waals surface area contributed by atoms with E-state index in [1.54, 1.807) is 12.1 Å². The van der Waals surface area contributed by atoms with Crippen molar-refractivity contribution in [2.75, 3.05) is 13.7 Å². The van der Waals surface area contributed by atoms with Gasteiger partial charge in [0.15, 0.2) is 0 Å². The fourth-order valence-electron chi connectivity index (χ4n) is 1.89. The number of hydrazine groups is 1. The maximum atomic E-state index is 12.1. The third-order valence-corrected chi connectivity index (χ3v) is 2.91. The van der Waals surface area contributed by atoms with Gasteiger partial charge in [0.1, 0.15) is 12.3 Å². The number of nitrogens with one attached hydrogen (secondary N) is 2. The lowest BCUT2D eigenvalue weighted by Crippen LogP contribution is -2.42. The van der Waals surface area contributed by atoms with Gasteiger partial charge >= 0.3 is 0 Å². The van der Waals surface area contributed by atoms with Crippen LogP contribution in [-0.2, 0) is 4.79 Å². The zero-order valence-electron chi connectivity index (χ0n) is 11.7. The quantitative estimate of drug-likeness (QED) is 0.388. The molecule has 0 spiro atoms. The number of hydrogen-bond donors (Lipinski definition) is 2. The molecule has 0 fully saturated rings. The molecule has 0 unspecified atom stereocenters. The fraction of sp³-hybridized carbons (Fsp3) is 0.143. The number of carbonyl (C=O) groups is 2. The van der Waals surface area contributed by atoms with Crippen LogP contribution in [0.25, 0.3) is 21.2 Å². The Morgan fingerprint density at radius 2 is 1.91 bits per heavy atom. The highest BCUT2D eigenvalue weighted by molar-refractivity contribution is 6.02. The average Bonchev–Trinajstić information content (AvgIpc) is 2.56. The second-order valence-corrected chi connectivity index (χ2v) is 4.29. The van der Waals surface area contributed by atoms with Gasteiger partial charge in [-0.05, 0) is 28.4 Å². The van der Waals surface area contributed by atoms with E-state index in [9.17, 15) is 9.59 Å². The maximum Gasteiger partial charge on any atom is 0.273 e. The van der Waals surface area contributed by atoms with E-state index in [0.717, 1.165) is 10.8 Å². The van der Waals surface area contributed by atoms with Crippen molar-refractivity contribution in [2.24, 2.45) is 5.11 Å². The number of hydrogen-bond acceptors (Lipinski definition) is 4. The molecule has 2 aromatic rings. The molecule has 0 aliphatic rings. The molecule has 2 amide bonds. The molecule has 112 valence electrons. The molecule has 2 aromatic carbocycles. The first-order valence-electron chi connectivity index (χ1n) is 6.32. The normalized spacial score (nSPS) is 9.68. The summed E-state index contributed by atoms with van der Waals surface area (Å²) in [5.74, 6) is -0.761. The Hall–Kier alpha value is -3.25. The lowest BCUT2D eigenvalue weighted by atomic mass is 10.1. The van der Waals surface area contributed by atoms with Crippen LogP contribution in [0.3, 0.4) is 0 Å². The van der Waals surface area contributed by atoms with E-state index in [1.165, 1.54) is 7.11 Å². The SMILES string of the molecule is COc1cc2ccccc2cc1C(=O)NNC(=O)CN=[N+]=[N-]. The molecule has 0 saturated heterocycles. The lowest BCUT2D eigenvalue weighted by molar-refractivity contribution is -0.120. The van der Waals surface area contributed by atoms with Gasteiger partial charge in [0, 0.05) is 4.91 Å². The molecular weight excluding hydrogens is 286 g/mol. The van der Waals surface area contributed by atoms with Crippen LogP contribution in [0.1, 0.15) is 10.4 Å². The van der Waals surface area contributed by atoms with E-state index < -0.39 is 18.4 Å². The zero-order valence-corrected chi connectivity index (χ0v) is 11.7. The summed E-state index contributed by atoms with van der Waals surface area (Å²) in [6, 6.07) is 10.9. The first-order chi connectivity index (χ1) is 10.7. The highest BCUT2D eigenvalue weighted by atomic mass is 16.5. The second kappa shape index (κ2) is 6.96. The van der Waals surface area contributed by atoms with Crippen molar-refractivity contribution in [1.29, 1.82) is 0 Å². The van der Waals surface area contributed by atoms with Gasteiger partial charge in [-0.2, -0.15) is 0 Å². The summed E-state index contributed by atoms with van der Waals surface area (Å²) < 4.78 is 5.21. The average molecular weight is 299 g/mol. The van der Waals surface area contributed by atoms with Gasteiger partial charge < -0.3 is 4.74 Å². The summed E-state index contributed by atoms with van der Waals surface area (Å²) in [7, 11) is 1.46. The Labute approximate surface area is 125 Å². The monoisotopic (exact) mass is 299 g/mol. The summed E-state index contributed by atoms with van der Waals surface area (Å²) >= 11 is 0. The summed E-state index contributed by atoms with van der Waals surface area (Å²) in [5, 5.41) is 4.89. The minimum absolute atomic E-state index is 0.283. The number of methoxy groups -OCH3 is 1. The molecule has 0 heterocycles. The third-order valence-electron chi connectivity index (χ3n) is 2.91. The van der Waals surface area contributed by atoms with E-state index >= 15 is 0 Å². The standard InChI is InChI=1S/C14H13N5O3/c1-22-12-7-10-5-3-2-4-9(10)6-11(12)14(21)18-17-13(20)8-16-19-15/h2-7H,8H2,1H3,(H,17,20)(H,18,21). The van der Waals surface area contributed by atoms with Gasteiger partial charge in [0.2, 0.25) is 5.91 Å². The van der Waals surface area contributed by atoms with Crippen molar-refractivity contribution in [2.45, 2.75) is 0 Å². The minimum atomic E-state index is -0.620. The molecule has 22 heavy (non-hydrogen) atoms. The van der Waals surface area contributed by atoms with Crippen molar-refractivity contribution >= 4 is 22.6 Å². The molecule has 8 heteroatoms. The van der Waals surface area contributed by atoms with Gasteiger partial charge in [-0.15, -0.1) is 0 Å². The molecule has 2 rings (SSSR count). The molecular formula is C14H13N5O3. The van der Waals surface area contributed by atoms with E-state index in [-0.39, 0.29) is 5.56 Å². The maximum absolute atomic E-state index is 12.1. The predicted octanol–water partition coefficient (Wildman–Crippen LogP) is 1.92. The van der Waals surface area contributed by atoms with Gasteiger partial charge in [-0.25, -0.2) is 0 Å². The summed E-state index contributed by atoms with van der Waals surface area (Å²) in [4.78, 5) is 25.9.